The van der Waals surface area contributed by atoms with Crippen molar-refractivity contribution in [3.63, 3.8) is 0 Å². The summed E-state index contributed by atoms with van der Waals surface area (Å²) in [6.07, 6.45) is -2.35. The predicted octanol–water partition coefficient (Wildman–Crippen LogP) is 1.23. The second-order valence-corrected chi connectivity index (χ2v) is 9.27. The number of phenols is 2. The first-order valence-electron chi connectivity index (χ1n) is 11.9. The lowest BCUT2D eigenvalue weighted by Gasteiger charge is -2.37. The highest BCUT2D eigenvalue weighted by Crippen LogP contribution is 2.50. The predicted molar refractivity (Wildman–Crippen MR) is 129 cm³/mol. The van der Waals surface area contributed by atoms with Gasteiger partial charge in [0.2, 0.25) is 5.91 Å². The van der Waals surface area contributed by atoms with Crippen molar-refractivity contribution in [1.82, 2.24) is 10.6 Å². The molecule has 11 nitrogen and oxygen atoms in total. The molecule has 6 N–H and O–H groups in total. The molecule has 0 fully saturated rings. The van der Waals surface area contributed by atoms with Crippen molar-refractivity contribution < 1.29 is 44.3 Å². The van der Waals surface area contributed by atoms with Crippen molar-refractivity contribution in [1.29, 1.82) is 0 Å². The van der Waals surface area contributed by atoms with E-state index < -0.39 is 58.6 Å². The van der Waals surface area contributed by atoms with Gasteiger partial charge in [-0.15, -0.1) is 0 Å². The fraction of sp³-hybridized carbons (Fsp3) is 0.385. The van der Waals surface area contributed by atoms with Crippen molar-refractivity contribution in [2.45, 2.75) is 44.3 Å². The molecule has 0 radical (unpaired) electrons. The van der Waals surface area contributed by atoms with E-state index in [-0.39, 0.29) is 54.0 Å². The molecule has 0 aromatic heterocycles. The van der Waals surface area contributed by atoms with Gasteiger partial charge in [-0.05, 0) is 6.42 Å². The first kappa shape index (κ1) is 26.1. The number of alkyl carbamates (subject to hydrolysis) is 1. The molecule has 37 heavy (non-hydrogen) atoms. The van der Waals surface area contributed by atoms with E-state index in [0.29, 0.717) is 6.54 Å². The summed E-state index contributed by atoms with van der Waals surface area (Å²) < 4.78 is 5.07. The van der Waals surface area contributed by atoms with Gasteiger partial charge in [0.1, 0.15) is 23.7 Å². The second-order valence-electron chi connectivity index (χ2n) is 9.27. The van der Waals surface area contributed by atoms with E-state index in [0.717, 1.165) is 6.42 Å². The molecule has 0 aliphatic heterocycles. The molecule has 0 saturated heterocycles. The number of ether oxygens (including phenoxy) is 1. The van der Waals surface area contributed by atoms with Crippen LogP contribution in [0.5, 0.6) is 11.5 Å². The van der Waals surface area contributed by atoms with Crippen LogP contribution in [0.2, 0.25) is 0 Å². The van der Waals surface area contributed by atoms with Crippen molar-refractivity contribution in [2.24, 2.45) is 0 Å². The number of aliphatic hydroxyl groups is 2. The van der Waals surface area contributed by atoms with Gasteiger partial charge in [-0.1, -0.05) is 31.2 Å². The van der Waals surface area contributed by atoms with Gasteiger partial charge in [-0.2, -0.15) is 0 Å². The van der Waals surface area contributed by atoms with Crippen LogP contribution in [0.25, 0.3) is 0 Å². The van der Waals surface area contributed by atoms with Crippen molar-refractivity contribution in [3.05, 3.63) is 57.6 Å². The molecule has 2 amide bonds. The number of carbonyl (C=O) groups excluding carboxylic acids is 4. The summed E-state index contributed by atoms with van der Waals surface area (Å²) in [4.78, 5) is 49.8. The number of amides is 2. The third-order valence-corrected chi connectivity index (χ3v) is 6.54. The minimum atomic E-state index is -1.85. The minimum Gasteiger partial charge on any atom is -0.507 e. The number of ketones is 2. The van der Waals surface area contributed by atoms with E-state index in [2.05, 4.69) is 10.6 Å². The Labute approximate surface area is 212 Å². The molecule has 0 spiro atoms. The van der Waals surface area contributed by atoms with Gasteiger partial charge in [0, 0.05) is 54.6 Å². The second kappa shape index (κ2) is 10.2. The topological polar surface area (TPSA) is 182 Å². The van der Waals surface area contributed by atoms with Crippen LogP contribution in [0.1, 0.15) is 75.3 Å². The van der Waals surface area contributed by atoms with Crippen molar-refractivity contribution in [2.75, 3.05) is 19.7 Å². The molecule has 0 bridgehead atoms. The highest BCUT2D eigenvalue weighted by Gasteiger charge is 2.45. The summed E-state index contributed by atoms with van der Waals surface area (Å²) in [5, 5.41) is 48.8. The van der Waals surface area contributed by atoms with Crippen LogP contribution < -0.4 is 10.6 Å². The number of benzene rings is 2. The largest absolute Gasteiger partial charge is 0.507 e. The Balaban J connectivity index is 1.52. The first-order valence-corrected chi connectivity index (χ1v) is 11.9. The van der Waals surface area contributed by atoms with Gasteiger partial charge in [-0.3, -0.25) is 14.4 Å². The summed E-state index contributed by atoms with van der Waals surface area (Å²) in [5.41, 5.74) is -2.80. The summed E-state index contributed by atoms with van der Waals surface area (Å²) in [7, 11) is 0. The van der Waals surface area contributed by atoms with Gasteiger partial charge in [0.25, 0.3) is 0 Å². The standard InChI is InChI=1S/C26H28N2O9/c1-2-8-27-17(30)7-9-28-25(35)37-12-26(36)10-15-18(16(29)11-26)24(34)20-19(23(15)33)21(31)13-5-3-4-6-14(13)22(20)32/h3-6,16,29,33-34,36H,2,7-12H2,1H3,(H,27,30)(H,28,35)/t16-,26-/m0/s1. The number of nitrogens with one attached hydrogen (secondary N) is 2. The van der Waals surface area contributed by atoms with Gasteiger partial charge in [0.05, 0.1) is 17.2 Å². The Morgan fingerprint density at radius 2 is 1.65 bits per heavy atom. The maximum absolute atomic E-state index is 13.1. The number of hydrogen-bond acceptors (Lipinski definition) is 9. The number of aliphatic hydroxyl groups excluding tert-OH is 1. The molecule has 0 heterocycles. The molecule has 2 aromatic carbocycles. The lowest BCUT2D eigenvalue weighted by atomic mass is 9.73. The molecule has 0 unspecified atom stereocenters. The van der Waals surface area contributed by atoms with Gasteiger partial charge in [-0.25, -0.2) is 4.79 Å². The van der Waals surface area contributed by atoms with E-state index in [9.17, 15) is 39.6 Å². The molecule has 4 rings (SSSR count). The maximum Gasteiger partial charge on any atom is 0.407 e. The Kier molecular flexibility index (Phi) is 7.19. The van der Waals surface area contributed by atoms with Crippen LogP contribution >= 0.6 is 0 Å². The van der Waals surface area contributed by atoms with E-state index in [1.54, 1.807) is 12.1 Å². The Morgan fingerprint density at radius 1 is 1.03 bits per heavy atom. The third-order valence-electron chi connectivity index (χ3n) is 6.54. The van der Waals surface area contributed by atoms with Gasteiger partial charge < -0.3 is 35.8 Å². The molecule has 2 aliphatic rings. The molecule has 196 valence electrons. The molecule has 2 aromatic rings. The van der Waals surface area contributed by atoms with Gasteiger partial charge in [0.15, 0.2) is 11.6 Å². The molecule has 11 heteroatoms. The summed E-state index contributed by atoms with van der Waals surface area (Å²) >= 11 is 0. The zero-order valence-corrected chi connectivity index (χ0v) is 20.2. The number of phenolic OH excluding ortho intramolecular Hbond substituents is 2. The van der Waals surface area contributed by atoms with Crippen LogP contribution in [0.15, 0.2) is 24.3 Å². The SMILES string of the molecule is CCCNC(=O)CCNC(=O)OC[C@]1(O)Cc2c(O)c3c(c(O)c2[C@@H](O)C1)C(=O)c1ccccc1C3=O. The van der Waals surface area contributed by atoms with Crippen LogP contribution in [-0.2, 0) is 16.0 Å². The molecular formula is C26H28N2O9. The number of hydrogen-bond donors (Lipinski definition) is 6. The van der Waals surface area contributed by atoms with Crippen LogP contribution in [0, 0.1) is 0 Å². The van der Waals surface area contributed by atoms with Crippen LogP contribution in [0.4, 0.5) is 4.79 Å². The number of carbonyl (C=O) groups is 4. The van der Waals surface area contributed by atoms with Crippen LogP contribution in [-0.4, -0.2) is 69.3 Å². The normalized spacial score (nSPS) is 19.9. The number of aromatic hydroxyl groups is 2. The maximum atomic E-state index is 13.1. The lowest BCUT2D eigenvalue weighted by Crippen LogP contribution is -2.44. The van der Waals surface area contributed by atoms with Crippen LogP contribution in [0.3, 0.4) is 0 Å². The zero-order valence-electron chi connectivity index (χ0n) is 20.2. The fourth-order valence-corrected chi connectivity index (χ4v) is 4.78. The summed E-state index contributed by atoms with van der Waals surface area (Å²) in [6.45, 7) is 1.87. The van der Waals surface area contributed by atoms with E-state index in [1.165, 1.54) is 12.1 Å². The average molecular weight is 513 g/mol. The molecule has 2 aliphatic carbocycles. The highest BCUT2D eigenvalue weighted by molar-refractivity contribution is 6.30. The highest BCUT2D eigenvalue weighted by atomic mass is 16.6. The van der Waals surface area contributed by atoms with Crippen molar-refractivity contribution >= 4 is 23.6 Å². The van der Waals surface area contributed by atoms with E-state index in [1.807, 2.05) is 6.92 Å². The zero-order chi connectivity index (χ0) is 26.9. The summed E-state index contributed by atoms with van der Waals surface area (Å²) in [5.74, 6) is -2.84. The first-order chi connectivity index (χ1) is 17.6. The van der Waals surface area contributed by atoms with E-state index in [4.69, 9.17) is 4.74 Å². The fourth-order valence-electron chi connectivity index (χ4n) is 4.78. The molecule has 2 atom stereocenters. The van der Waals surface area contributed by atoms with E-state index >= 15 is 0 Å². The number of fused-ring (bicyclic) bond motifs is 3. The lowest BCUT2D eigenvalue weighted by molar-refractivity contribution is -0.120. The minimum absolute atomic E-state index is 0.0106. The molecular weight excluding hydrogens is 484 g/mol. The van der Waals surface area contributed by atoms with Gasteiger partial charge >= 0.3 is 6.09 Å². The Morgan fingerprint density at radius 3 is 2.27 bits per heavy atom. The average Bonchev–Trinajstić information content (AvgIpc) is 2.86. The quantitative estimate of drug-likeness (QED) is 0.254. The Hall–Kier alpha value is -3.96. The Bertz CT molecular complexity index is 1290. The molecule has 0 saturated carbocycles. The monoisotopic (exact) mass is 512 g/mol. The third kappa shape index (κ3) is 4.87. The smallest absolute Gasteiger partial charge is 0.407 e. The summed E-state index contributed by atoms with van der Waals surface area (Å²) in [6, 6.07) is 5.99. The van der Waals surface area contributed by atoms with Crippen molar-refractivity contribution in [3.8, 4) is 11.5 Å². The number of rotatable bonds is 7.